The topological polar surface area (TPSA) is 74.1 Å². The molecule has 2 aromatic carbocycles. The minimum atomic E-state index is -0.298. The predicted octanol–water partition coefficient (Wildman–Crippen LogP) is 4.77. The van der Waals surface area contributed by atoms with Crippen molar-refractivity contribution in [3.63, 3.8) is 0 Å². The maximum Gasteiger partial charge on any atom is 0.311 e. The number of carbonyl (C=O) groups excluding carboxylic acids is 2. The third kappa shape index (κ3) is 7.85. The van der Waals surface area contributed by atoms with Crippen molar-refractivity contribution in [2.45, 2.75) is 60.9 Å². The van der Waals surface area contributed by atoms with Crippen molar-refractivity contribution in [2.75, 3.05) is 19.6 Å². The zero-order chi connectivity index (χ0) is 25.4. The molecular formula is C29H41N4O3+. The molecule has 0 aliphatic rings. The summed E-state index contributed by atoms with van der Waals surface area (Å²) in [6.45, 7) is 11.4. The minimum absolute atomic E-state index is 0. The Morgan fingerprint density at radius 3 is 2.19 bits per heavy atom. The van der Waals surface area contributed by atoms with Crippen LogP contribution in [-0.2, 0) is 36.0 Å². The number of ether oxygens (including phenoxy) is 1. The predicted molar refractivity (Wildman–Crippen MR) is 143 cm³/mol. The summed E-state index contributed by atoms with van der Waals surface area (Å²) >= 11 is 0. The second kappa shape index (κ2) is 13.1. The monoisotopic (exact) mass is 493 g/mol. The Kier molecular flexibility index (Phi) is 10.5. The highest BCUT2D eigenvalue weighted by atomic mass is 16.5. The molecule has 0 unspecified atom stereocenters. The van der Waals surface area contributed by atoms with Gasteiger partial charge >= 0.3 is 5.97 Å². The summed E-state index contributed by atoms with van der Waals surface area (Å²) in [5.41, 5.74) is 5.37. The SMILES string of the molecule is C.CC[N+](CC)(CC(=O)Cc1c(C)cccc1C)Cc1ccc(OC(=O)CCc2cn(C)nn2)cc1. The van der Waals surface area contributed by atoms with Crippen molar-refractivity contribution in [1.82, 2.24) is 15.0 Å². The fourth-order valence-corrected chi connectivity index (χ4v) is 4.45. The number of benzene rings is 2. The van der Waals surface area contributed by atoms with Gasteiger partial charge in [0.2, 0.25) is 0 Å². The molecule has 0 amide bonds. The minimum Gasteiger partial charge on any atom is -0.427 e. The van der Waals surface area contributed by atoms with Crippen molar-refractivity contribution in [1.29, 1.82) is 0 Å². The maximum absolute atomic E-state index is 13.1. The van der Waals surface area contributed by atoms with Crippen molar-refractivity contribution >= 4 is 11.8 Å². The van der Waals surface area contributed by atoms with E-state index >= 15 is 0 Å². The van der Waals surface area contributed by atoms with Gasteiger partial charge in [-0.1, -0.05) is 30.8 Å². The Morgan fingerprint density at radius 1 is 1.00 bits per heavy atom. The highest BCUT2D eigenvalue weighted by Gasteiger charge is 2.28. The van der Waals surface area contributed by atoms with Gasteiger partial charge < -0.3 is 9.22 Å². The van der Waals surface area contributed by atoms with Gasteiger partial charge in [0.25, 0.3) is 0 Å². The zero-order valence-electron chi connectivity index (χ0n) is 21.6. The van der Waals surface area contributed by atoms with Crippen LogP contribution >= 0.6 is 0 Å². The maximum atomic E-state index is 13.1. The first-order valence-corrected chi connectivity index (χ1v) is 12.3. The lowest BCUT2D eigenvalue weighted by atomic mass is 9.97. The number of rotatable bonds is 12. The van der Waals surface area contributed by atoms with Gasteiger partial charge in [-0.3, -0.25) is 14.3 Å². The van der Waals surface area contributed by atoms with E-state index in [2.05, 4.69) is 50.1 Å². The van der Waals surface area contributed by atoms with Crippen LogP contribution in [0.15, 0.2) is 48.7 Å². The van der Waals surface area contributed by atoms with Crippen LogP contribution in [0, 0.1) is 13.8 Å². The summed E-state index contributed by atoms with van der Waals surface area (Å²) in [6.07, 6.45) is 3.01. The second-order valence-corrected chi connectivity index (χ2v) is 9.38. The Hall–Kier alpha value is -3.32. The molecule has 0 spiro atoms. The molecule has 3 rings (SSSR count). The molecule has 194 valence electrons. The van der Waals surface area contributed by atoms with E-state index in [9.17, 15) is 9.59 Å². The molecule has 1 heterocycles. The summed E-state index contributed by atoms with van der Waals surface area (Å²) in [4.78, 5) is 25.3. The van der Waals surface area contributed by atoms with Gasteiger partial charge in [-0.2, -0.15) is 0 Å². The Balaban J connectivity index is 0.00000456. The molecule has 7 heteroatoms. The van der Waals surface area contributed by atoms with Gasteiger partial charge in [-0.25, -0.2) is 0 Å². The van der Waals surface area contributed by atoms with Gasteiger partial charge in [-0.05, 0) is 68.7 Å². The van der Waals surface area contributed by atoms with Crippen LogP contribution in [0.2, 0.25) is 0 Å². The van der Waals surface area contributed by atoms with Crippen molar-refractivity contribution in [2.24, 2.45) is 7.05 Å². The fraction of sp³-hybridized carbons (Fsp3) is 0.448. The summed E-state index contributed by atoms with van der Waals surface area (Å²) in [5, 5.41) is 7.86. The average Bonchev–Trinajstić information content (AvgIpc) is 3.26. The van der Waals surface area contributed by atoms with Crippen LogP contribution < -0.4 is 4.74 Å². The molecule has 0 atom stereocenters. The lowest BCUT2D eigenvalue weighted by Gasteiger charge is -2.36. The summed E-state index contributed by atoms with van der Waals surface area (Å²) in [6, 6.07) is 13.8. The molecule has 0 fully saturated rings. The number of esters is 1. The Morgan fingerprint density at radius 2 is 1.64 bits per heavy atom. The molecule has 0 aliphatic carbocycles. The fourth-order valence-electron chi connectivity index (χ4n) is 4.45. The van der Waals surface area contributed by atoms with Crippen LogP contribution in [0.4, 0.5) is 0 Å². The van der Waals surface area contributed by atoms with E-state index in [4.69, 9.17) is 4.74 Å². The number of aromatic nitrogens is 3. The first-order chi connectivity index (χ1) is 16.7. The summed E-state index contributed by atoms with van der Waals surface area (Å²) < 4.78 is 7.79. The van der Waals surface area contributed by atoms with Gasteiger partial charge in [0.15, 0.2) is 5.78 Å². The number of ketones is 1. The van der Waals surface area contributed by atoms with Crippen LogP contribution in [0.25, 0.3) is 0 Å². The van der Waals surface area contributed by atoms with E-state index in [-0.39, 0.29) is 25.6 Å². The number of quaternary nitrogens is 1. The number of aryl methyl sites for hydroxylation is 4. The largest absolute Gasteiger partial charge is 0.427 e. The molecule has 3 aromatic rings. The number of nitrogens with zero attached hydrogens (tertiary/aromatic N) is 4. The number of hydrogen-bond donors (Lipinski definition) is 0. The van der Waals surface area contributed by atoms with Crippen molar-refractivity contribution in [3.05, 3.63) is 76.6 Å². The van der Waals surface area contributed by atoms with Crippen LogP contribution in [-0.4, -0.2) is 50.9 Å². The van der Waals surface area contributed by atoms with Gasteiger partial charge in [-0.15, -0.1) is 5.10 Å². The quantitative estimate of drug-likeness (QED) is 0.206. The average molecular weight is 494 g/mol. The van der Waals surface area contributed by atoms with Crippen molar-refractivity contribution in [3.8, 4) is 5.75 Å². The first-order valence-electron chi connectivity index (χ1n) is 12.3. The molecular weight excluding hydrogens is 452 g/mol. The number of carbonyl (C=O) groups is 2. The van der Waals surface area contributed by atoms with E-state index in [1.54, 1.807) is 17.9 Å². The Bertz CT molecular complexity index is 1130. The molecule has 0 bridgehead atoms. The second-order valence-electron chi connectivity index (χ2n) is 9.38. The number of hydrogen-bond acceptors (Lipinski definition) is 5. The van der Waals surface area contributed by atoms with E-state index in [0.717, 1.165) is 36.5 Å². The van der Waals surface area contributed by atoms with E-state index in [0.29, 0.717) is 29.6 Å². The summed E-state index contributed by atoms with van der Waals surface area (Å²) in [5.74, 6) is 0.489. The van der Waals surface area contributed by atoms with Crippen LogP contribution in [0.5, 0.6) is 5.75 Å². The van der Waals surface area contributed by atoms with Gasteiger partial charge in [0.05, 0.1) is 25.2 Å². The standard InChI is InChI=1S/C28H37N4O3.CH4/c1-6-32(7-2,20-25(33)17-27-21(3)9-8-10-22(27)4)19-23-11-14-26(15-12-23)35-28(34)16-13-24-18-31(5)30-29-24;/h8-12,14-15,18H,6-7,13,16-17,19-20H2,1-5H3;1H4/q+1;. The zero-order valence-corrected chi connectivity index (χ0v) is 21.6. The van der Waals surface area contributed by atoms with E-state index in [1.165, 1.54) is 11.1 Å². The van der Waals surface area contributed by atoms with Crippen molar-refractivity contribution < 1.29 is 18.8 Å². The molecule has 36 heavy (non-hydrogen) atoms. The normalized spacial score (nSPS) is 11.1. The highest BCUT2D eigenvalue weighted by molar-refractivity contribution is 5.82. The number of Topliss-reactive ketones (excluding diaryl/α,β-unsaturated/α-hetero) is 1. The highest BCUT2D eigenvalue weighted by Crippen LogP contribution is 2.20. The summed E-state index contributed by atoms with van der Waals surface area (Å²) in [7, 11) is 1.79. The molecule has 0 radical (unpaired) electrons. The third-order valence-corrected chi connectivity index (χ3v) is 6.78. The van der Waals surface area contributed by atoms with E-state index < -0.39 is 0 Å². The van der Waals surface area contributed by atoms with Gasteiger partial charge in [0, 0.05) is 31.6 Å². The first kappa shape index (κ1) is 28.9. The smallest absolute Gasteiger partial charge is 0.311 e. The van der Waals surface area contributed by atoms with Crippen LogP contribution in [0.1, 0.15) is 55.6 Å². The van der Waals surface area contributed by atoms with Gasteiger partial charge in [0.1, 0.15) is 18.8 Å². The lowest BCUT2D eigenvalue weighted by Crippen LogP contribution is -2.50. The Labute approximate surface area is 215 Å². The molecule has 0 saturated heterocycles. The third-order valence-electron chi connectivity index (χ3n) is 6.78. The molecule has 1 aromatic heterocycles. The molecule has 0 N–H and O–H groups in total. The van der Waals surface area contributed by atoms with Crippen LogP contribution in [0.3, 0.4) is 0 Å². The number of likely N-dealkylation sites (N-methyl/N-ethyl adjacent to an activating group) is 1. The molecule has 0 aliphatic heterocycles. The van der Waals surface area contributed by atoms with E-state index in [1.807, 2.05) is 30.3 Å². The molecule has 0 saturated carbocycles. The lowest BCUT2D eigenvalue weighted by molar-refractivity contribution is -0.930. The molecule has 7 nitrogen and oxygen atoms in total.